The molecule has 0 spiro atoms. The maximum absolute atomic E-state index is 13.7. The second-order valence-electron chi connectivity index (χ2n) is 11.8. The minimum absolute atomic E-state index is 0.0642. The summed E-state index contributed by atoms with van der Waals surface area (Å²) in [6, 6.07) is 17.7. The fourth-order valence-corrected chi connectivity index (χ4v) is 6.35. The predicted molar refractivity (Wildman–Crippen MR) is 184 cm³/mol. The molecule has 1 fully saturated rings. The average molecular weight is 645 g/mol. The van der Waals surface area contributed by atoms with E-state index in [1.165, 1.54) is 0 Å². The van der Waals surface area contributed by atoms with Crippen LogP contribution in [0.5, 0.6) is 17.2 Å². The van der Waals surface area contributed by atoms with Crippen molar-refractivity contribution in [3.8, 4) is 17.2 Å². The summed E-state index contributed by atoms with van der Waals surface area (Å²) in [4.78, 5) is 30.1. The Labute approximate surface area is 278 Å². The fraction of sp³-hybridized carbons (Fsp3) is 0.472. The molecule has 1 saturated heterocycles. The monoisotopic (exact) mass is 644 g/mol. The molecule has 0 bridgehead atoms. The zero-order chi connectivity index (χ0) is 33.2. The lowest BCUT2D eigenvalue weighted by molar-refractivity contribution is 0.0781. The molecule has 1 unspecified atom stereocenters. The van der Waals surface area contributed by atoms with Gasteiger partial charge in [0.2, 0.25) is 11.7 Å². The number of likely N-dealkylation sites (N-methyl/N-ethyl adjacent to an activating group) is 1. The Morgan fingerprint density at radius 1 is 0.936 bits per heavy atom. The number of aromatic nitrogens is 3. The predicted octanol–water partition coefficient (Wildman–Crippen LogP) is 4.95. The van der Waals surface area contributed by atoms with E-state index in [0.717, 1.165) is 74.8 Å². The summed E-state index contributed by atoms with van der Waals surface area (Å²) in [5, 5.41) is 0. The number of fused-ring (bicyclic) bond motifs is 1. The molecule has 47 heavy (non-hydrogen) atoms. The minimum Gasteiger partial charge on any atom is -0.493 e. The van der Waals surface area contributed by atoms with Gasteiger partial charge in [0.1, 0.15) is 0 Å². The summed E-state index contributed by atoms with van der Waals surface area (Å²) >= 11 is 0. The average Bonchev–Trinajstić information content (AvgIpc) is 3.31. The van der Waals surface area contributed by atoms with Gasteiger partial charge in [0.15, 0.2) is 11.5 Å². The lowest BCUT2D eigenvalue weighted by atomic mass is 9.99. The van der Waals surface area contributed by atoms with E-state index in [9.17, 15) is 4.79 Å². The number of carbonyl (C=O) groups is 1. The molecule has 4 aromatic rings. The van der Waals surface area contributed by atoms with E-state index < -0.39 is 0 Å². The zero-order valence-corrected chi connectivity index (χ0v) is 28.4. The summed E-state index contributed by atoms with van der Waals surface area (Å²) in [5.41, 5.74) is 3.62. The molecule has 11 heteroatoms. The van der Waals surface area contributed by atoms with Crippen LogP contribution in [0.15, 0.2) is 60.8 Å². The van der Waals surface area contributed by atoms with Crippen LogP contribution < -0.4 is 19.1 Å². The van der Waals surface area contributed by atoms with Gasteiger partial charge in [-0.05, 0) is 69.3 Å². The first kappa shape index (κ1) is 34.0. The molecule has 2 aromatic heterocycles. The quantitative estimate of drug-likeness (QED) is 0.167. The number of carbonyl (C=O) groups excluding carboxylic acids is 1. The molecular formula is C36H48N6O5. The Morgan fingerprint density at radius 3 is 2.40 bits per heavy atom. The molecule has 0 aliphatic carbocycles. The molecule has 1 aliphatic heterocycles. The standard InChI is InChI=1S/C36H48N6O5/c1-6-47-23-22-42-31-14-8-7-13-30(31)38-36(42)41-18-11-17-40(20-21-41)19-15-27(29-12-9-10-16-37-29)26-39(2)35(43)28-24-32(44-3)34(46-5)33(25-28)45-4/h7-10,12-14,16,24-25,27H,6,11,15,17-23,26H2,1-5H3. The lowest BCUT2D eigenvalue weighted by Crippen LogP contribution is -2.35. The second kappa shape index (κ2) is 16.5. The van der Waals surface area contributed by atoms with E-state index in [1.54, 1.807) is 38.4 Å². The zero-order valence-electron chi connectivity index (χ0n) is 28.4. The van der Waals surface area contributed by atoms with E-state index in [-0.39, 0.29) is 11.8 Å². The molecule has 5 rings (SSSR count). The number of rotatable bonds is 15. The van der Waals surface area contributed by atoms with Gasteiger partial charge in [-0.25, -0.2) is 4.98 Å². The first-order valence-electron chi connectivity index (χ1n) is 16.4. The third-order valence-corrected chi connectivity index (χ3v) is 8.82. The Hall–Kier alpha value is -4.35. The summed E-state index contributed by atoms with van der Waals surface area (Å²) in [5.74, 6) is 2.32. The third kappa shape index (κ3) is 8.15. The van der Waals surface area contributed by atoms with E-state index in [1.807, 2.05) is 38.4 Å². The highest BCUT2D eigenvalue weighted by Gasteiger charge is 2.25. The number of anilines is 1. The Morgan fingerprint density at radius 2 is 1.70 bits per heavy atom. The number of nitrogens with zero attached hydrogens (tertiary/aromatic N) is 6. The van der Waals surface area contributed by atoms with Crippen molar-refractivity contribution in [2.24, 2.45) is 0 Å². The minimum atomic E-state index is -0.122. The highest BCUT2D eigenvalue weighted by molar-refractivity contribution is 5.95. The van der Waals surface area contributed by atoms with Crippen molar-refractivity contribution in [2.45, 2.75) is 32.2 Å². The van der Waals surface area contributed by atoms with Gasteiger partial charge in [-0.2, -0.15) is 0 Å². The maximum atomic E-state index is 13.7. The Bertz CT molecular complexity index is 1570. The molecule has 0 radical (unpaired) electrons. The van der Waals surface area contributed by atoms with Crippen LogP contribution in [0.3, 0.4) is 0 Å². The Balaban J connectivity index is 1.26. The van der Waals surface area contributed by atoms with Gasteiger partial charge in [-0.3, -0.25) is 9.78 Å². The van der Waals surface area contributed by atoms with Crippen LogP contribution in [0.4, 0.5) is 5.95 Å². The van der Waals surface area contributed by atoms with Crippen molar-refractivity contribution in [1.29, 1.82) is 0 Å². The molecule has 0 saturated carbocycles. The van der Waals surface area contributed by atoms with E-state index in [2.05, 4.69) is 38.6 Å². The summed E-state index contributed by atoms with van der Waals surface area (Å²) in [6.07, 6.45) is 3.74. The van der Waals surface area contributed by atoms with Crippen LogP contribution in [-0.4, -0.2) is 111 Å². The molecule has 1 aliphatic rings. The number of methoxy groups -OCH3 is 3. The first-order valence-corrected chi connectivity index (χ1v) is 16.4. The lowest BCUT2D eigenvalue weighted by Gasteiger charge is -2.27. The third-order valence-electron chi connectivity index (χ3n) is 8.82. The molecule has 0 N–H and O–H groups in total. The number of ether oxygens (including phenoxy) is 4. The molecule has 11 nitrogen and oxygen atoms in total. The van der Waals surface area contributed by atoms with Crippen molar-refractivity contribution in [3.05, 3.63) is 72.1 Å². The van der Waals surface area contributed by atoms with Crippen LogP contribution in [-0.2, 0) is 11.3 Å². The number of amides is 1. The number of imidazole rings is 1. The largest absolute Gasteiger partial charge is 0.493 e. The molecule has 1 atom stereocenters. The van der Waals surface area contributed by atoms with Crippen molar-refractivity contribution in [3.63, 3.8) is 0 Å². The van der Waals surface area contributed by atoms with Crippen molar-refractivity contribution in [2.75, 3.05) is 85.8 Å². The van der Waals surface area contributed by atoms with E-state index in [4.69, 9.17) is 28.9 Å². The van der Waals surface area contributed by atoms with Crippen LogP contribution in [0, 0.1) is 0 Å². The van der Waals surface area contributed by atoms with Gasteiger partial charge >= 0.3 is 0 Å². The summed E-state index contributed by atoms with van der Waals surface area (Å²) < 4.78 is 24.4. The van der Waals surface area contributed by atoms with Crippen molar-refractivity contribution >= 4 is 22.9 Å². The number of benzene rings is 2. The van der Waals surface area contributed by atoms with Gasteiger partial charge in [0, 0.05) is 69.8 Å². The van der Waals surface area contributed by atoms with Gasteiger partial charge in [-0.15, -0.1) is 0 Å². The van der Waals surface area contributed by atoms with Gasteiger partial charge in [0.25, 0.3) is 5.91 Å². The SMILES string of the molecule is CCOCCn1c(N2CCCN(CCC(CN(C)C(=O)c3cc(OC)c(OC)c(OC)c3)c3ccccn3)CC2)nc2ccccc21. The number of pyridine rings is 1. The molecule has 3 heterocycles. The molecule has 1 amide bonds. The maximum Gasteiger partial charge on any atom is 0.253 e. The van der Waals surface area contributed by atoms with Crippen molar-refractivity contribution < 1.29 is 23.7 Å². The van der Waals surface area contributed by atoms with E-state index >= 15 is 0 Å². The topological polar surface area (TPSA) is 94.4 Å². The van der Waals surface area contributed by atoms with Crippen LogP contribution >= 0.6 is 0 Å². The van der Waals surface area contributed by atoms with Crippen LogP contribution in [0.2, 0.25) is 0 Å². The van der Waals surface area contributed by atoms with Gasteiger partial charge in [-0.1, -0.05) is 18.2 Å². The summed E-state index contributed by atoms with van der Waals surface area (Å²) in [7, 11) is 6.48. The Kier molecular flexibility index (Phi) is 11.9. The highest BCUT2D eigenvalue weighted by Crippen LogP contribution is 2.38. The molecule has 252 valence electrons. The van der Waals surface area contributed by atoms with Crippen LogP contribution in [0.25, 0.3) is 11.0 Å². The number of para-hydroxylation sites is 2. The second-order valence-corrected chi connectivity index (χ2v) is 11.8. The van der Waals surface area contributed by atoms with E-state index in [0.29, 0.717) is 42.6 Å². The first-order chi connectivity index (χ1) is 23.0. The van der Waals surface area contributed by atoms with Crippen molar-refractivity contribution in [1.82, 2.24) is 24.3 Å². The van der Waals surface area contributed by atoms with Gasteiger partial charge in [0.05, 0.1) is 39.0 Å². The van der Waals surface area contributed by atoms with Crippen LogP contribution in [0.1, 0.15) is 41.7 Å². The highest BCUT2D eigenvalue weighted by atomic mass is 16.5. The normalized spacial score (nSPS) is 14.5. The smallest absolute Gasteiger partial charge is 0.253 e. The number of hydrogen-bond donors (Lipinski definition) is 0. The van der Waals surface area contributed by atoms with Gasteiger partial charge < -0.3 is 38.2 Å². The fourth-order valence-electron chi connectivity index (χ4n) is 6.35. The molecule has 2 aromatic carbocycles. The molecular weight excluding hydrogens is 596 g/mol. The summed E-state index contributed by atoms with van der Waals surface area (Å²) in [6.45, 7) is 9.38. The number of hydrogen-bond acceptors (Lipinski definition) is 9.